The van der Waals surface area contributed by atoms with Crippen LogP contribution in [0.1, 0.15) is 32.1 Å². The summed E-state index contributed by atoms with van der Waals surface area (Å²) in [6.45, 7) is 4.56. The second kappa shape index (κ2) is 3.37. The van der Waals surface area contributed by atoms with Gasteiger partial charge in [-0.05, 0) is 38.0 Å². The van der Waals surface area contributed by atoms with Crippen molar-refractivity contribution in [1.82, 2.24) is 9.80 Å². The molecular formula is C13H22N4. The average molecular weight is 234 g/mol. The van der Waals surface area contributed by atoms with E-state index >= 15 is 0 Å². The van der Waals surface area contributed by atoms with Crippen molar-refractivity contribution >= 4 is 5.96 Å². The Bertz CT molecular complexity index is 358. The Morgan fingerprint density at radius 1 is 1.29 bits per heavy atom. The Morgan fingerprint density at radius 3 is 2.82 bits per heavy atom. The van der Waals surface area contributed by atoms with Gasteiger partial charge in [-0.2, -0.15) is 0 Å². The van der Waals surface area contributed by atoms with Crippen molar-refractivity contribution in [3.05, 3.63) is 0 Å². The summed E-state index contributed by atoms with van der Waals surface area (Å²) in [6.07, 6.45) is 6.88. The Balaban J connectivity index is 1.51. The van der Waals surface area contributed by atoms with Gasteiger partial charge in [0, 0.05) is 25.7 Å². The lowest BCUT2D eigenvalue weighted by molar-refractivity contribution is 0.187. The van der Waals surface area contributed by atoms with Gasteiger partial charge >= 0.3 is 0 Å². The monoisotopic (exact) mass is 234 g/mol. The number of hydrogen-bond acceptors (Lipinski definition) is 4. The minimum absolute atomic E-state index is 0.273. The smallest absolute Gasteiger partial charge is 0.191 e. The summed E-state index contributed by atoms with van der Waals surface area (Å²) in [4.78, 5) is 9.67. The fraction of sp³-hybridized carbons (Fsp3) is 0.923. The van der Waals surface area contributed by atoms with E-state index in [4.69, 9.17) is 5.73 Å². The zero-order valence-electron chi connectivity index (χ0n) is 10.4. The quantitative estimate of drug-likeness (QED) is 0.779. The lowest BCUT2D eigenvalue weighted by atomic mass is 9.97. The lowest BCUT2D eigenvalue weighted by Crippen LogP contribution is -2.54. The minimum Gasteiger partial charge on any atom is -0.370 e. The van der Waals surface area contributed by atoms with Crippen LogP contribution in [0.2, 0.25) is 0 Å². The van der Waals surface area contributed by atoms with Gasteiger partial charge in [-0.3, -0.25) is 9.89 Å². The topological polar surface area (TPSA) is 44.9 Å². The highest BCUT2D eigenvalue weighted by atomic mass is 15.4. The maximum absolute atomic E-state index is 6.10. The van der Waals surface area contributed by atoms with Gasteiger partial charge in [0.25, 0.3) is 0 Å². The standard InChI is InChI=1S/C13H22N4/c14-12-15-8-13(17(12)7-10-1-2-10)5-6-16(9-13)11-3-4-11/h10-11H,1-9H2,(H2,14,15). The van der Waals surface area contributed by atoms with Crippen molar-refractivity contribution in [3.8, 4) is 0 Å². The SMILES string of the molecule is NC1=NCC2(CCN(C3CC3)C2)N1CC1CC1. The minimum atomic E-state index is 0.273. The van der Waals surface area contributed by atoms with Crippen LogP contribution in [-0.4, -0.2) is 53.5 Å². The van der Waals surface area contributed by atoms with Crippen LogP contribution in [0, 0.1) is 5.92 Å². The van der Waals surface area contributed by atoms with Crippen molar-refractivity contribution in [1.29, 1.82) is 0 Å². The van der Waals surface area contributed by atoms with E-state index in [0.717, 1.165) is 31.0 Å². The number of aliphatic imine (C=N–C) groups is 1. The highest BCUT2D eigenvalue weighted by Crippen LogP contribution is 2.40. The van der Waals surface area contributed by atoms with Gasteiger partial charge in [-0.15, -0.1) is 0 Å². The number of nitrogens with zero attached hydrogens (tertiary/aromatic N) is 3. The predicted octanol–water partition coefficient (Wildman–Crippen LogP) is 0.634. The molecule has 17 heavy (non-hydrogen) atoms. The van der Waals surface area contributed by atoms with E-state index < -0.39 is 0 Å². The lowest BCUT2D eigenvalue weighted by Gasteiger charge is -2.36. The van der Waals surface area contributed by atoms with Gasteiger partial charge in [-0.25, -0.2) is 0 Å². The number of likely N-dealkylation sites (tertiary alicyclic amines) is 1. The van der Waals surface area contributed by atoms with E-state index in [1.54, 1.807) is 0 Å². The third kappa shape index (κ3) is 1.65. The molecule has 1 saturated heterocycles. The molecule has 2 aliphatic carbocycles. The molecule has 1 unspecified atom stereocenters. The Hall–Kier alpha value is -0.770. The summed E-state index contributed by atoms with van der Waals surface area (Å²) < 4.78 is 0. The Kier molecular flexibility index (Phi) is 2.02. The van der Waals surface area contributed by atoms with Crippen molar-refractivity contribution in [2.45, 2.75) is 43.7 Å². The molecule has 4 aliphatic rings. The second-order valence-electron chi connectivity index (χ2n) is 6.40. The molecule has 3 fully saturated rings. The molecule has 0 radical (unpaired) electrons. The summed E-state index contributed by atoms with van der Waals surface area (Å²) in [5.41, 5.74) is 6.38. The normalized spacial score (nSPS) is 38.1. The van der Waals surface area contributed by atoms with Crippen LogP contribution in [0.5, 0.6) is 0 Å². The molecule has 4 nitrogen and oxygen atoms in total. The molecule has 0 aromatic heterocycles. The molecule has 1 atom stereocenters. The highest BCUT2D eigenvalue weighted by Gasteiger charge is 2.50. The molecule has 0 aromatic rings. The molecule has 2 heterocycles. The second-order valence-corrected chi connectivity index (χ2v) is 6.40. The van der Waals surface area contributed by atoms with Gasteiger partial charge in [-0.1, -0.05) is 0 Å². The van der Waals surface area contributed by atoms with Crippen LogP contribution in [0.3, 0.4) is 0 Å². The van der Waals surface area contributed by atoms with Gasteiger partial charge in [0.05, 0.1) is 12.1 Å². The summed E-state index contributed by atoms with van der Waals surface area (Å²) in [5.74, 6) is 1.71. The first-order valence-electron chi connectivity index (χ1n) is 7.08. The third-order valence-corrected chi connectivity index (χ3v) is 4.95. The van der Waals surface area contributed by atoms with Crippen molar-refractivity contribution in [3.63, 3.8) is 0 Å². The molecule has 0 amide bonds. The van der Waals surface area contributed by atoms with Crippen molar-refractivity contribution < 1.29 is 0 Å². The van der Waals surface area contributed by atoms with E-state index in [2.05, 4.69) is 14.8 Å². The van der Waals surface area contributed by atoms with Gasteiger partial charge in [0.2, 0.25) is 0 Å². The molecule has 2 aliphatic heterocycles. The molecule has 0 bridgehead atoms. The first-order chi connectivity index (χ1) is 8.27. The van der Waals surface area contributed by atoms with Crippen molar-refractivity contribution in [2.75, 3.05) is 26.2 Å². The molecule has 4 heteroatoms. The third-order valence-electron chi connectivity index (χ3n) is 4.95. The van der Waals surface area contributed by atoms with E-state index in [-0.39, 0.29) is 5.54 Å². The first-order valence-corrected chi connectivity index (χ1v) is 7.08. The Morgan fingerprint density at radius 2 is 2.12 bits per heavy atom. The Labute approximate surface area is 103 Å². The van der Waals surface area contributed by atoms with Crippen LogP contribution < -0.4 is 5.73 Å². The molecular weight excluding hydrogens is 212 g/mol. The van der Waals surface area contributed by atoms with E-state index in [9.17, 15) is 0 Å². The maximum Gasteiger partial charge on any atom is 0.191 e. The van der Waals surface area contributed by atoms with Crippen LogP contribution in [-0.2, 0) is 0 Å². The van der Waals surface area contributed by atoms with E-state index in [1.165, 1.54) is 45.2 Å². The molecule has 2 saturated carbocycles. The highest BCUT2D eigenvalue weighted by molar-refractivity contribution is 5.81. The number of hydrogen-bond donors (Lipinski definition) is 1. The fourth-order valence-electron chi connectivity index (χ4n) is 3.48. The summed E-state index contributed by atoms with van der Waals surface area (Å²) in [7, 11) is 0. The summed E-state index contributed by atoms with van der Waals surface area (Å²) in [6, 6.07) is 0.888. The van der Waals surface area contributed by atoms with Gasteiger partial charge < -0.3 is 10.6 Å². The summed E-state index contributed by atoms with van der Waals surface area (Å²) >= 11 is 0. The van der Waals surface area contributed by atoms with Crippen LogP contribution in [0.25, 0.3) is 0 Å². The zero-order chi connectivity index (χ0) is 11.5. The molecule has 2 N–H and O–H groups in total. The van der Waals surface area contributed by atoms with Gasteiger partial charge in [0.15, 0.2) is 5.96 Å². The van der Waals surface area contributed by atoms with E-state index in [0.29, 0.717) is 0 Å². The molecule has 0 aromatic carbocycles. The van der Waals surface area contributed by atoms with E-state index in [1.807, 2.05) is 0 Å². The summed E-state index contributed by atoms with van der Waals surface area (Å²) in [5, 5.41) is 0. The van der Waals surface area contributed by atoms with Gasteiger partial charge in [0.1, 0.15) is 0 Å². The maximum atomic E-state index is 6.10. The number of rotatable bonds is 3. The molecule has 4 rings (SSSR count). The average Bonchev–Trinajstić information content (AvgIpc) is 3.23. The first kappa shape index (κ1) is 10.2. The predicted molar refractivity (Wildman–Crippen MR) is 67.9 cm³/mol. The largest absolute Gasteiger partial charge is 0.370 e. The number of guanidine groups is 1. The zero-order valence-corrected chi connectivity index (χ0v) is 10.4. The number of nitrogens with two attached hydrogens (primary N) is 1. The van der Waals surface area contributed by atoms with Crippen LogP contribution >= 0.6 is 0 Å². The molecule has 94 valence electrons. The fourth-order valence-corrected chi connectivity index (χ4v) is 3.48. The van der Waals surface area contributed by atoms with Crippen LogP contribution in [0.4, 0.5) is 0 Å². The van der Waals surface area contributed by atoms with Crippen molar-refractivity contribution in [2.24, 2.45) is 16.6 Å². The van der Waals surface area contributed by atoms with Crippen LogP contribution in [0.15, 0.2) is 4.99 Å². The molecule has 1 spiro atoms.